The quantitative estimate of drug-likeness (QED) is 0.750. The third-order valence-electron chi connectivity index (χ3n) is 4.02. The van der Waals surface area contributed by atoms with Crippen molar-refractivity contribution in [2.75, 3.05) is 0 Å². The van der Waals surface area contributed by atoms with E-state index in [4.69, 9.17) is 42.8 Å². The molecule has 0 radical (unpaired) electrons. The first-order chi connectivity index (χ1) is 12.9. The average molecular weight is 411 g/mol. The standard InChI is InChI=1S/C19H19ClO6S/c1-11-15(21)17(26-19(27)25-13-5-3-2-4-6-13)16(22)18(23-11)24-14-9-7-12(20)8-10-14/h2-11,15-18,21-22H,1H3/t11-,15+,16-,17+,18+/m0/s1. The molecule has 0 unspecified atom stereocenters. The Morgan fingerprint density at radius 3 is 2.33 bits per heavy atom. The van der Waals surface area contributed by atoms with Crippen molar-refractivity contribution in [1.82, 2.24) is 0 Å². The van der Waals surface area contributed by atoms with Crippen molar-refractivity contribution in [1.29, 1.82) is 0 Å². The van der Waals surface area contributed by atoms with Crippen molar-refractivity contribution in [3.05, 3.63) is 59.6 Å². The van der Waals surface area contributed by atoms with E-state index < -0.39 is 30.7 Å². The van der Waals surface area contributed by atoms with Crippen LogP contribution in [-0.4, -0.2) is 46.2 Å². The molecule has 1 saturated heterocycles. The maximum absolute atomic E-state index is 10.6. The zero-order valence-electron chi connectivity index (χ0n) is 14.4. The smallest absolute Gasteiger partial charge is 0.358 e. The molecule has 2 aromatic carbocycles. The van der Waals surface area contributed by atoms with Gasteiger partial charge in [0, 0.05) is 17.2 Å². The molecule has 0 saturated carbocycles. The van der Waals surface area contributed by atoms with E-state index in [1.54, 1.807) is 55.5 Å². The second-order valence-corrected chi connectivity index (χ2v) is 6.78. The van der Waals surface area contributed by atoms with Gasteiger partial charge in [0.15, 0.2) is 12.2 Å². The molecule has 2 N–H and O–H groups in total. The molecule has 144 valence electrons. The minimum atomic E-state index is -1.30. The van der Waals surface area contributed by atoms with Gasteiger partial charge >= 0.3 is 5.24 Å². The number of benzene rings is 2. The summed E-state index contributed by atoms with van der Waals surface area (Å²) in [6, 6.07) is 15.4. The summed E-state index contributed by atoms with van der Waals surface area (Å²) in [5.41, 5.74) is 0. The summed E-state index contributed by atoms with van der Waals surface area (Å²) in [5, 5.41) is 21.3. The molecule has 0 aromatic heterocycles. The van der Waals surface area contributed by atoms with Gasteiger partial charge < -0.3 is 29.2 Å². The van der Waals surface area contributed by atoms with Crippen LogP contribution in [0, 0.1) is 0 Å². The van der Waals surface area contributed by atoms with Crippen molar-refractivity contribution in [3.8, 4) is 11.5 Å². The highest BCUT2D eigenvalue weighted by molar-refractivity contribution is 7.79. The Bertz CT molecular complexity index is 757. The zero-order chi connectivity index (χ0) is 19.4. The van der Waals surface area contributed by atoms with Crippen molar-refractivity contribution >= 4 is 29.1 Å². The highest BCUT2D eigenvalue weighted by atomic mass is 35.5. The summed E-state index contributed by atoms with van der Waals surface area (Å²) in [6.45, 7) is 1.65. The van der Waals surface area contributed by atoms with E-state index in [0.29, 0.717) is 16.5 Å². The fourth-order valence-corrected chi connectivity index (χ4v) is 2.93. The Kier molecular flexibility index (Phi) is 6.51. The molecule has 0 bridgehead atoms. The Morgan fingerprint density at radius 1 is 1.00 bits per heavy atom. The molecule has 1 fully saturated rings. The van der Waals surface area contributed by atoms with Gasteiger partial charge in [0.25, 0.3) is 0 Å². The van der Waals surface area contributed by atoms with Gasteiger partial charge in [-0.3, -0.25) is 0 Å². The van der Waals surface area contributed by atoms with Crippen LogP contribution < -0.4 is 9.47 Å². The van der Waals surface area contributed by atoms with Crippen LogP contribution in [0.1, 0.15) is 6.92 Å². The molecule has 27 heavy (non-hydrogen) atoms. The van der Waals surface area contributed by atoms with Gasteiger partial charge in [0.05, 0.1) is 6.10 Å². The SMILES string of the molecule is C[C@@H]1O[C@H](Oc2ccc(Cl)cc2)[C@@H](O)[C@H](OC(=S)Oc2ccccc2)[C@@H]1O. The molecule has 0 amide bonds. The summed E-state index contributed by atoms with van der Waals surface area (Å²) in [6.07, 6.45) is -5.22. The molecular formula is C19H19ClO6S. The van der Waals surface area contributed by atoms with E-state index in [2.05, 4.69) is 0 Å². The monoisotopic (exact) mass is 410 g/mol. The first-order valence-corrected chi connectivity index (χ1v) is 9.10. The van der Waals surface area contributed by atoms with Crippen LogP contribution in [-0.2, 0) is 9.47 Å². The lowest BCUT2D eigenvalue weighted by Crippen LogP contribution is -2.59. The maximum Gasteiger partial charge on any atom is 0.358 e. The molecule has 5 atom stereocenters. The van der Waals surface area contributed by atoms with Crippen molar-refractivity contribution in [3.63, 3.8) is 0 Å². The summed E-state index contributed by atoms with van der Waals surface area (Å²) in [4.78, 5) is 0. The highest BCUT2D eigenvalue weighted by Crippen LogP contribution is 2.27. The fourth-order valence-electron chi connectivity index (χ4n) is 2.60. The Morgan fingerprint density at radius 2 is 1.67 bits per heavy atom. The number of rotatable bonds is 4. The highest BCUT2D eigenvalue weighted by Gasteiger charge is 2.46. The Hall–Kier alpha value is -1.90. The maximum atomic E-state index is 10.6. The number of thiocarbonyl (C=S) groups is 1. The van der Waals surface area contributed by atoms with Gasteiger partial charge in [-0.05, 0) is 43.3 Å². The summed E-state index contributed by atoms with van der Waals surface area (Å²) in [7, 11) is 0. The first kappa shape index (κ1) is 19.9. The van der Waals surface area contributed by atoms with Crippen LogP contribution in [0.3, 0.4) is 0 Å². The number of aliphatic hydroxyl groups is 2. The predicted molar refractivity (Wildman–Crippen MR) is 103 cm³/mol. The number of hydrogen-bond donors (Lipinski definition) is 2. The largest absolute Gasteiger partial charge is 0.462 e. The van der Waals surface area contributed by atoms with Gasteiger partial charge in [-0.2, -0.15) is 0 Å². The lowest BCUT2D eigenvalue weighted by molar-refractivity contribution is -0.266. The molecule has 1 aliphatic heterocycles. The van der Waals surface area contributed by atoms with Crippen LogP contribution in [0.25, 0.3) is 0 Å². The topological polar surface area (TPSA) is 77.4 Å². The van der Waals surface area contributed by atoms with Crippen LogP contribution >= 0.6 is 23.8 Å². The summed E-state index contributed by atoms with van der Waals surface area (Å²) in [5.74, 6) is 0.939. The third kappa shape index (κ3) is 5.09. The lowest BCUT2D eigenvalue weighted by Gasteiger charge is -2.40. The Balaban J connectivity index is 1.67. The molecular weight excluding hydrogens is 392 g/mol. The van der Waals surface area contributed by atoms with E-state index >= 15 is 0 Å². The Labute approximate surface area is 167 Å². The summed E-state index contributed by atoms with van der Waals surface area (Å²) < 4.78 is 22.1. The predicted octanol–water partition coefficient (Wildman–Crippen LogP) is 2.93. The molecule has 8 heteroatoms. The van der Waals surface area contributed by atoms with Crippen molar-refractivity contribution in [2.45, 2.75) is 37.6 Å². The van der Waals surface area contributed by atoms with E-state index in [1.165, 1.54) is 0 Å². The lowest BCUT2D eigenvalue weighted by atomic mass is 10.00. The number of halogens is 1. The van der Waals surface area contributed by atoms with Crippen molar-refractivity contribution in [2.24, 2.45) is 0 Å². The van der Waals surface area contributed by atoms with Gasteiger partial charge in [0.2, 0.25) is 6.29 Å². The van der Waals surface area contributed by atoms with E-state index in [0.717, 1.165) is 0 Å². The van der Waals surface area contributed by atoms with Gasteiger partial charge in [0.1, 0.15) is 17.6 Å². The summed E-state index contributed by atoms with van der Waals surface area (Å²) >= 11 is 10.9. The number of para-hydroxylation sites is 1. The molecule has 1 aliphatic rings. The van der Waals surface area contributed by atoms with Gasteiger partial charge in [-0.25, -0.2) is 0 Å². The second-order valence-electron chi connectivity index (χ2n) is 6.01. The molecule has 2 aromatic rings. The molecule has 0 spiro atoms. The third-order valence-corrected chi connectivity index (χ3v) is 4.46. The minimum Gasteiger partial charge on any atom is -0.462 e. The number of aliphatic hydroxyl groups excluding tert-OH is 2. The van der Waals surface area contributed by atoms with Crippen LogP contribution in [0.15, 0.2) is 54.6 Å². The van der Waals surface area contributed by atoms with Gasteiger partial charge in [-0.1, -0.05) is 29.8 Å². The van der Waals surface area contributed by atoms with E-state index in [1.807, 2.05) is 6.07 Å². The van der Waals surface area contributed by atoms with Gasteiger partial charge in [-0.15, -0.1) is 0 Å². The van der Waals surface area contributed by atoms with Crippen LogP contribution in [0.5, 0.6) is 11.5 Å². The first-order valence-electron chi connectivity index (χ1n) is 8.31. The zero-order valence-corrected chi connectivity index (χ0v) is 16.0. The fraction of sp³-hybridized carbons (Fsp3) is 0.316. The van der Waals surface area contributed by atoms with E-state index in [-0.39, 0.29) is 5.24 Å². The van der Waals surface area contributed by atoms with E-state index in [9.17, 15) is 10.2 Å². The van der Waals surface area contributed by atoms with Crippen LogP contribution in [0.2, 0.25) is 5.02 Å². The molecule has 3 rings (SSSR count). The number of hydrogen-bond acceptors (Lipinski definition) is 7. The molecule has 6 nitrogen and oxygen atoms in total. The molecule has 0 aliphatic carbocycles. The van der Waals surface area contributed by atoms with Crippen LogP contribution in [0.4, 0.5) is 0 Å². The number of ether oxygens (including phenoxy) is 4. The minimum absolute atomic E-state index is 0.219. The normalized spacial score (nSPS) is 27.6. The average Bonchev–Trinajstić information content (AvgIpc) is 2.66. The molecule has 1 heterocycles. The second kappa shape index (κ2) is 8.86. The van der Waals surface area contributed by atoms with Crippen molar-refractivity contribution < 1.29 is 29.2 Å².